The van der Waals surface area contributed by atoms with Crippen LogP contribution in [0.15, 0.2) is 12.3 Å². The summed E-state index contributed by atoms with van der Waals surface area (Å²) < 4.78 is 0. The van der Waals surface area contributed by atoms with Crippen molar-refractivity contribution in [3.05, 3.63) is 17.8 Å². The van der Waals surface area contributed by atoms with Gasteiger partial charge in [0.25, 0.3) is 0 Å². The fourth-order valence-corrected chi connectivity index (χ4v) is 1.06. The predicted octanol–water partition coefficient (Wildman–Crippen LogP) is 1.59. The zero-order valence-corrected chi connectivity index (χ0v) is 7.38. The number of anilines is 2. The second-order valence-corrected chi connectivity index (χ2v) is 2.92. The lowest BCUT2D eigenvalue weighted by atomic mass is 10.1. The van der Waals surface area contributed by atoms with Gasteiger partial charge in [0.15, 0.2) is 0 Å². The van der Waals surface area contributed by atoms with Gasteiger partial charge in [0.2, 0.25) is 0 Å². The van der Waals surface area contributed by atoms with E-state index in [1.165, 1.54) is 18.4 Å². The van der Waals surface area contributed by atoms with Gasteiger partial charge in [-0.25, -0.2) is 4.98 Å². The lowest BCUT2D eigenvalue weighted by molar-refractivity contribution is 0.793. The Hall–Kier alpha value is -1.25. The van der Waals surface area contributed by atoms with Gasteiger partial charge >= 0.3 is 0 Å². The van der Waals surface area contributed by atoms with E-state index in [1.807, 2.05) is 6.07 Å². The van der Waals surface area contributed by atoms with Crippen molar-refractivity contribution in [3.63, 3.8) is 0 Å². The summed E-state index contributed by atoms with van der Waals surface area (Å²) in [6, 6.07) is 1.90. The third-order valence-electron chi connectivity index (χ3n) is 1.83. The van der Waals surface area contributed by atoms with Crippen molar-refractivity contribution < 1.29 is 0 Å². The number of nitrogens with zero attached hydrogens (tertiary/aromatic N) is 1. The Bertz CT molecular complexity index is 258. The maximum Gasteiger partial charge on any atom is 0.146 e. The molecular weight excluding hydrogens is 150 g/mol. The van der Waals surface area contributed by atoms with Gasteiger partial charge in [0.05, 0.1) is 5.69 Å². The average Bonchev–Trinajstić information content (AvgIpc) is 2.07. The van der Waals surface area contributed by atoms with Gasteiger partial charge in [0.1, 0.15) is 5.82 Å². The molecule has 0 atom stereocenters. The van der Waals surface area contributed by atoms with Gasteiger partial charge in [-0.3, -0.25) is 0 Å². The van der Waals surface area contributed by atoms with Crippen LogP contribution in [0.25, 0.3) is 0 Å². The zero-order chi connectivity index (χ0) is 8.97. The summed E-state index contributed by atoms with van der Waals surface area (Å²) in [5, 5.41) is 0. The van der Waals surface area contributed by atoms with Gasteiger partial charge in [-0.05, 0) is 24.5 Å². The Balaban J connectivity index is 2.69. The highest BCUT2D eigenvalue weighted by molar-refractivity contribution is 5.58. The summed E-state index contributed by atoms with van der Waals surface area (Å²) in [6.45, 7) is 2.16. The Morgan fingerprint density at radius 3 is 2.75 bits per heavy atom. The number of pyridine rings is 1. The minimum absolute atomic E-state index is 0.426. The fraction of sp³-hybridized carbons (Fsp3) is 0.444. The molecule has 0 aromatic carbocycles. The van der Waals surface area contributed by atoms with E-state index in [0.29, 0.717) is 11.5 Å². The fourth-order valence-electron chi connectivity index (χ4n) is 1.06. The Kier molecular flexibility index (Phi) is 2.91. The SMILES string of the molecule is CCCCc1cnc(N)c(N)c1. The van der Waals surface area contributed by atoms with Crippen LogP contribution in [0.1, 0.15) is 25.3 Å². The largest absolute Gasteiger partial charge is 0.396 e. The summed E-state index contributed by atoms with van der Waals surface area (Å²) in [5.74, 6) is 0.426. The van der Waals surface area contributed by atoms with Crippen molar-refractivity contribution >= 4 is 11.5 Å². The lowest BCUT2D eigenvalue weighted by Crippen LogP contribution is -1.99. The molecule has 1 rings (SSSR count). The standard InChI is InChI=1S/C9H15N3/c1-2-3-4-7-5-8(10)9(11)12-6-7/h5-6H,2-4,10H2,1H3,(H2,11,12). The molecule has 3 heteroatoms. The molecule has 0 unspecified atom stereocenters. The number of aryl methyl sites for hydroxylation is 1. The maximum atomic E-state index is 5.60. The highest BCUT2D eigenvalue weighted by Gasteiger charge is 1.97. The van der Waals surface area contributed by atoms with E-state index in [4.69, 9.17) is 11.5 Å². The molecule has 0 saturated heterocycles. The van der Waals surface area contributed by atoms with Crippen LogP contribution in [0.5, 0.6) is 0 Å². The molecule has 4 N–H and O–H groups in total. The molecule has 0 aliphatic carbocycles. The summed E-state index contributed by atoms with van der Waals surface area (Å²) in [4.78, 5) is 3.98. The van der Waals surface area contributed by atoms with Crippen LogP contribution >= 0.6 is 0 Å². The first-order valence-corrected chi connectivity index (χ1v) is 4.24. The molecule has 3 nitrogen and oxygen atoms in total. The number of hydrogen-bond acceptors (Lipinski definition) is 3. The average molecular weight is 165 g/mol. The van der Waals surface area contributed by atoms with Crippen molar-refractivity contribution in [1.82, 2.24) is 4.98 Å². The van der Waals surface area contributed by atoms with Crippen molar-refractivity contribution in [3.8, 4) is 0 Å². The van der Waals surface area contributed by atoms with Crippen LogP contribution in [0, 0.1) is 0 Å². The number of unbranched alkanes of at least 4 members (excludes halogenated alkanes) is 1. The van der Waals surface area contributed by atoms with Gasteiger partial charge in [-0.2, -0.15) is 0 Å². The second kappa shape index (κ2) is 3.95. The van der Waals surface area contributed by atoms with Crippen LogP contribution in [0.2, 0.25) is 0 Å². The van der Waals surface area contributed by atoms with Crippen molar-refractivity contribution in [1.29, 1.82) is 0 Å². The number of nitrogen functional groups attached to an aromatic ring is 2. The molecular formula is C9H15N3. The quantitative estimate of drug-likeness (QED) is 0.714. The van der Waals surface area contributed by atoms with Gasteiger partial charge in [-0.15, -0.1) is 0 Å². The van der Waals surface area contributed by atoms with Crippen LogP contribution < -0.4 is 11.5 Å². The molecule has 1 aromatic rings. The van der Waals surface area contributed by atoms with E-state index >= 15 is 0 Å². The third kappa shape index (κ3) is 2.12. The Labute approximate surface area is 72.8 Å². The molecule has 0 aliphatic rings. The van der Waals surface area contributed by atoms with Crippen molar-refractivity contribution in [2.75, 3.05) is 11.5 Å². The van der Waals surface area contributed by atoms with Crippen molar-refractivity contribution in [2.45, 2.75) is 26.2 Å². The number of aromatic nitrogens is 1. The molecule has 0 saturated carbocycles. The molecule has 0 fully saturated rings. The Morgan fingerprint density at radius 2 is 2.17 bits per heavy atom. The molecule has 1 heterocycles. The minimum Gasteiger partial charge on any atom is -0.396 e. The number of rotatable bonds is 3. The summed E-state index contributed by atoms with van der Waals surface area (Å²) in [5.41, 5.74) is 12.8. The van der Waals surface area contributed by atoms with E-state index in [-0.39, 0.29) is 0 Å². The van der Waals surface area contributed by atoms with E-state index in [2.05, 4.69) is 11.9 Å². The highest BCUT2D eigenvalue weighted by atomic mass is 14.9. The molecule has 0 bridgehead atoms. The summed E-state index contributed by atoms with van der Waals surface area (Å²) >= 11 is 0. The van der Waals surface area contributed by atoms with Crippen LogP contribution in [-0.2, 0) is 6.42 Å². The minimum atomic E-state index is 0.426. The lowest BCUT2D eigenvalue weighted by Gasteiger charge is -2.02. The maximum absolute atomic E-state index is 5.60. The molecule has 0 amide bonds. The first kappa shape index (κ1) is 8.84. The number of nitrogens with two attached hydrogens (primary N) is 2. The molecule has 0 radical (unpaired) electrons. The molecule has 12 heavy (non-hydrogen) atoms. The molecule has 66 valence electrons. The van der Waals surface area contributed by atoms with E-state index in [1.54, 1.807) is 6.20 Å². The van der Waals surface area contributed by atoms with Gasteiger partial charge in [-0.1, -0.05) is 13.3 Å². The normalized spacial score (nSPS) is 10.1. The van der Waals surface area contributed by atoms with Gasteiger partial charge in [0, 0.05) is 6.20 Å². The second-order valence-electron chi connectivity index (χ2n) is 2.92. The molecule has 1 aromatic heterocycles. The molecule has 0 spiro atoms. The summed E-state index contributed by atoms with van der Waals surface area (Å²) in [7, 11) is 0. The first-order valence-electron chi connectivity index (χ1n) is 4.24. The third-order valence-corrected chi connectivity index (χ3v) is 1.83. The van der Waals surface area contributed by atoms with E-state index in [0.717, 1.165) is 6.42 Å². The number of hydrogen-bond donors (Lipinski definition) is 2. The zero-order valence-electron chi connectivity index (χ0n) is 7.38. The summed E-state index contributed by atoms with van der Waals surface area (Å²) in [6.07, 6.45) is 5.19. The first-order chi connectivity index (χ1) is 5.74. The Morgan fingerprint density at radius 1 is 1.42 bits per heavy atom. The monoisotopic (exact) mass is 165 g/mol. The molecule has 0 aliphatic heterocycles. The van der Waals surface area contributed by atoms with Gasteiger partial charge < -0.3 is 11.5 Å². The van der Waals surface area contributed by atoms with E-state index in [9.17, 15) is 0 Å². The van der Waals surface area contributed by atoms with Crippen molar-refractivity contribution in [2.24, 2.45) is 0 Å². The van der Waals surface area contributed by atoms with E-state index < -0.39 is 0 Å². The smallest absolute Gasteiger partial charge is 0.146 e. The van der Waals surface area contributed by atoms with Crippen LogP contribution in [-0.4, -0.2) is 4.98 Å². The predicted molar refractivity (Wildman–Crippen MR) is 51.7 cm³/mol. The van der Waals surface area contributed by atoms with Crippen LogP contribution in [0.3, 0.4) is 0 Å². The topological polar surface area (TPSA) is 64.9 Å². The highest BCUT2D eigenvalue weighted by Crippen LogP contribution is 2.13. The van der Waals surface area contributed by atoms with Crippen LogP contribution in [0.4, 0.5) is 11.5 Å².